The van der Waals surface area contributed by atoms with Crippen molar-refractivity contribution in [2.24, 2.45) is 0 Å². The minimum atomic E-state index is 0.0196. The molecule has 0 amide bonds. The third kappa shape index (κ3) is 2.39. The maximum absolute atomic E-state index is 12.3. The Morgan fingerprint density at radius 2 is 2.11 bits per heavy atom. The molecule has 0 saturated carbocycles. The number of aromatic nitrogens is 2. The zero-order valence-electron chi connectivity index (χ0n) is 10.5. The van der Waals surface area contributed by atoms with E-state index in [1.165, 1.54) is 11.3 Å². The monoisotopic (exact) mass is 268 g/mol. The number of carbonyl (C=O) groups is 1. The Bertz CT molecular complexity index is 743. The molecule has 19 heavy (non-hydrogen) atoms. The van der Waals surface area contributed by atoms with E-state index in [1.54, 1.807) is 6.20 Å². The van der Waals surface area contributed by atoms with Crippen LogP contribution in [0.3, 0.4) is 0 Å². The number of fused-ring (bicyclic) bond motifs is 1. The number of aryl methyl sites for hydroxylation is 1. The third-order valence-corrected chi connectivity index (χ3v) is 3.88. The van der Waals surface area contributed by atoms with Crippen molar-refractivity contribution in [3.8, 4) is 0 Å². The van der Waals surface area contributed by atoms with Gasteiger partial charge in [-0.2, -0.15) is 0 Å². The molecule has 0 bridgehead atoms. The highest BCUT2D eigenvalue weighted by Crippen LogP contribution is 2.19. The Balaban J connectivity index is 1.97. The van der Waals surface area contributed by atoms with Gasteiger partial charge in [-0.1, -0.05) is 24.3 Å². The van der Waals surface area contributed by atoms with Crippen LogP contribution in [0.15, 0.2) is 41.9 Å². The molecule has 0 spiro atoms. The van der Waals surface area contributed by atoms with Crippen LogP contribution in [-0.2, 0) is 6.42 Å². The predicted molar refractivity (Wildman–Crippen MR) is 76.6 cm³/mol. The largest absolute Gasteiger partial charge is 0.292 e. The molecule has 0 unspecified atom stereocenters. The van der Waals surface area contributed by atoms with Gasteiger partial charge >= 0.3 is 0 Å². The zero-order chi connectivity index (χ0) is 13.2. The summed E-state index contributed by atoms with van der Waals surface area (Å²) >= 11 is 1.52. The lowest BCUT2D eigenvalue weighted by Crippen LogP contribution is -2.06. The second-order valence-electron chi connectivity index (χ2n) is 4.36. The average Bonchev–Trinajstić information content (AvgIpc) is 2.83. The van der Waals surface area contributed by atoms with Gasteiger partial charge in [0.25, 0.3) is 0 Å². The lowest BCUT2D eigenvalue weighted by molar-refractivity contribution is 0.0990. The van der Waals surface area contributed by atoms with Crippen LogP contribution >= 0.6 is 11.3 Å². The molecular weight excluding hydrogens is 256 g/mol. The summed E-state index contributed by atoms with van der Waals surface area (Å²) in [5, 5.41) is 4.75. The number of benzene rings is 1. The van der Waals surface area contributed by atoms with Gasteiger partial charge in [-0.05, 0) is 18.4 Å². The Morgan fingerprint density at radius 1 is 1.26 bits per heavy atom. The number of Topliss-reactive ketones (excluding diaryl/α,β-unsaturated/α-hetero) is 1. The van der Waals surface area contributed by atoms with Gasteiger partial charge in [0.05, 0.1) is 6.42 Å². The molecule has 94 valence electrons. The fraction of sp³-hybridized carbons (Fsp3) is 0.133. The van der Waals surface area contributed by atoms with Gasteiger partial charge in [0.2, 0.25) is 0 Å². The van der Waals surface area contributed by atoms with Crippen molar-refractivity contribution in [2.75, 3.05) is 0 Å². The molecule has 0 fully saturated rings. The summed E-state index contributed by atoms with van der Waals surface area (Å²) < 4.78 is 0. The van der Waals surface area contributed by atoms with E-state index in [9.17, 15) is 4.79 Å². The van der Waals surface area contributed by atoms with Crippen LogP contribution in [0.1, 0.15) is 21.2 Å². The molecule has 0 aliphatic rings. The quantitative estimate of drug-likeness (QED) is 0.683. The number of nitrogens with zero attached hydrogens (tertiary/aromatic N) is 2. The number of hydrogen-bond acceptors (Lipinski definition) is 4. The van der Waals surface area contributed by atoms with Crippen LogP contribution < -0.4 is 0 Å². The Labute approximate surface area is 115 Å². The number of ketones is 1. The number of thiazole rings is 1. The van der Waals surface area contributed by atoms with Crippen molar-refractivity contribution in [3.05, 3.63) is 58.3 Å². The maximum atomic E-state index is 12.3. The first-order valence-corrected chi connectivity index (χ1v) is 6.90. The third-order valence-electron chi connectivity index (χ3n) is 2.92. The molecule has 3 nitrogen and oxygen atoms in total. The van der Waals surface area contributed by atoms with Gasteiger partial charge in [0.15, 0.2) is 5.78 Å². The van der Waals surface area contributed by atoms with E-state index < -0.39 is 0 Å². The first kappa shape index (κ1) is 12.0. The first-order valence-electron chi connectivity index (χ1n) is 6.02. The van der Waals surface area contributed by atoms with Crippen molar-refractivity contribution in [3.63, 3.8) is 0 Å². The minimum absolute atomic E-state index is 0.0196. The molecule has 0 aliphatic carbocycles. The summed E-state index contributed by atoms with van der Waals surface area (Å²) in [6.45, 7) is 1.93. The normalized spacial score (nSPS) is 10.8. The minimum Gasteiger partial charge on any atom is -0.292 e. The highest BCUT2D eigenvalue weighted by molar-refractivity contribution is 7.09. The van der Waals surface area contributed by atoms with E-state index in [4.69, 9.17) is 0 Å². The van der Waals surface area contributed by atoms with E-state index in [2.05, 4.69) is 9.97 Å². The van der Waals surface area contributed by atoms with Crippen molar-refractivity contribution in [1.29, 1.82) is 0 Å². The van der Waals surface area contributed by atoms with Crippen molar-refractivity contribution >= 4 is 27.9 Å². The van der Waals surface area contributed by atoms with Gasteiger partial charge in [-0.25, -0.2) is 4.98 Å². The van der Waals surface area contributed by atoms with Crippen LogP contribution in [0.2, 0.25) is 0 Å². The van der Waals surface area contributed by atoms with Crippen molar-refractivity contribution < 1.29 is 4.79 Å². The lowest BCUT2D eigenvalue weighted by Gasteiger charge is -2.03. The summed E-state index contributed by atoms with van der Waals surface area (Å²) in [6, 6.07) is 9.72. The molecule has 0 saturated heterocycles. The molecule has 0 aliphatic heterocycles. The summed E-state index contributed by atoms with van der Waals surface area (Å²) in [4.78, 5) is 20.9. The summed E-state index contributed by atoms with van der Waals surface area (Å²) in [6.07, 6.45) is 2.00. The van der Waals surface area contributed by atoms with E-state index >= 15 is 0 Å². The molecule has 2 aromatic heterocycles. The van der Waals surface area contributed by atoms with Crippen LogP contribution in [0, 0.1) is 6.92 Å². The maximum Gasteiger partial charge on any atom is 0.188 e. The molecule has 2 heterocycles. The Morgan fingerprint density at radius 3 is 2.89 bits per heavy atom. The van der Waals surface area contributed by atoms with Crippen molar-refractivity contribution in [2.45, 2.75) is 13.3 Å². The smallest absolute Gasteiger partial charge is 0.188 e. The summed E-state index contributed by atoms with van der Waals surface area (Å²) in [7, 11) is 0. The van der Waals surface area contributed by atoms with Crippen LogP contribution in [-0.4, -0.2) is 15.8 Å². The standard InChI is InChI=1S/C15H12N2OS/c1-10-9-19-14(17-10)8-13(18)15-12-5-3-2-4-11(12)6-7-16-15/h2-7,9H,8H2,1H3. The average molecular weight is 268 g/mol. The Kier molecular flexibility index (Phi) is 3.09. The number of pyridine rings is 1. The van der Waals surface area contributed by atoms with Crippen LogP contribution in [0.4, 0.5) is 0 Å². The molecule has 0 atom stereocenters. The molecule has 0 radical (unpaired) electrons. The van der Waals surface area contributed by atoms with Crippen LogP contribution in [0.5, 0.6) is 0 Å². The molecule has 0 N–H and O–H groups in total. The summed E-state index contributed by atoms with van der Waals surface area (Å²) in [5.41, 5.74) is 1.49. The Hall–Kier alpha value is -2.07. The second kappa shape index (κ2) is 4.90. The van der Waals surface area contributed by atoms with E-state index in [0.29, 0.717) is 12.1 Å². The fourth-order valence-electron chi connectivity index (χ4n) is 2.05. The molecule has 4 heteroatoms. The highest BCUT2D eigenvalue weighted by Gasteiger charge is 2.13. The van der Waals surface area contributed by atoms with Gasteiger partial charge in [0.1, 0.15) is 10.7 Å². The number of rotatable bonds is 3. The SMILES string of the molecule is Cc1csc(CC(=O)c2nccc3ccccc23)n1. The first-order chi connectivity index (χ1) is 9.24. The number of hydrogen-bond donors (Lipinski definition) is 0. The van der Waals surface area contributed by atoms with Crippen LogP contribution in [0.25, 0.3) is 10.8 Å². The zero-order valence-corrected chi connectivity index (χ0v) is 11.3. The van der Waals surface area contributed by atoms with Crippen molar-refractivity contribution in [1.82, 2.24) is 9.97 Å². The lowest BCUT2D eigenvalue weighted by atomic mass is 10.1. The topological polar surface area (TPSA) is 42.9 Å². The van der Waals surface area contributed by atoms with Gasteiger partial charge in [0, 0.05) is 22.7 Å². The summed E-state index contributed by atoms with van der Waals surface area (Å²) in [5.74, 6) is 0.0196. The van der Waals surface area contributed by atoms with Gasteiger partial charge < -0.3 is 0 Å². The molecule has 3 aromatic rings. The molecule has 1 aromatic carbocycles. The van der Waals surface area contributed by atoms with E-state index in [1.807, 2.05) is 42.6 Å². The van der Waals surface area contributed by atoms with E-state index in [0.717, 1.165) is 21.5 Å². The predicted octanol–water partition coefficient (Wildman–Crippen LogP) is 3.43. The molecular formula is C15H12N2OS. The highest BCUT2D eigenvalue weighted by atomic mass is 32.1. The number of carbonyl (C=O) groups excluding carboxylic acids is 1. The van der Waals surface area contributed by atoms with Gasteiger partial charge in [-0.3, -0.25) is 9.78 Å². The second-order valence-corrected chi connectivity index (χ2v) is 5.31. The fourth-order valence-corrected chi connectivity index (χ4v) is 2.82. The van der Waals surface area contributed by atoms with E-state index in [-0.39, 0.29) is 5.78 Å². The van der Waals surface area contributed by atoms with Gasteiger partial charge in [-0.15, -0.1) is 11.3 Å². The molecule has 3 rings (SSSR count).